The third-order valence-corrected chi connectivity index (χ3v) is 4.88. The number of nitrogens with one attached hydrogen (secondary N) is 3. The van der Waals surface area contributed by atoms with Gasteiger partial charge in [0.05, 0.1) is 0 Å². The van der Waals surface area contributed by atoms with Crippen molar-refractivity contribution in [3.8, 4) is 0 Å². The van der Waals surface area contributed by atoms with Crippen molar-refractivity contribution in [1.82, 2.24) is 20.0 Å². The van der Waals surface area contributed by atoms with Crippen LogP contribution in [0.5, 0.6) is 0 Å². The first-order valence-electron chi connectivity index (χ1n) is 6.32. The molecule has 1 saturated heterocycles. The molecule has 0 saturated carbocycles. The Labute approximate surface area is 123 Å². The molecule has 0 aliphatic carbocycles. The lowest BCUT2D eigenvalue weighted by atomic mass is 10.1. The number of sulfonamides is 1. The topological polar surface area (TPSA) is 86.9 Å². The maximum Gasteiger partial charge on any atom is 0.243 e. The molecule has 6 nitrogen and oxygen atoms in total. The van der Waals surface area contributed by atoms with E-state index in [0.29, 0.717) is 17.6 Å². The number of rotatable bonds is 3. The van der Waals surface area contributed by atoms with E-state index in [1.807, 2.05) is 0 Å². The van der Waals surface area contributed by atoms with E-state index in [0.717, 1.165) is 19.4 Å². The molecule has 20 heavy (non-hydrogen) atoms. The summed E-state index contributed by atoms with van der Waals surface area (Å²) in [5.74, 6) is 0. The van der Waals surface area contributed by atoms with Crippen molar-refractivity contribution in [2.75, 3.05) is 13.1 Å². The number of hydrogen-bond acceptors (Lipinski definition) is 4. The predicted molar refractivity (Wildman–Crippen MR) is 79.6 cm³/mol. The summed E-state index contributed by atoms with van der Waals surface area (Å²) >= 11 is 0. The first kappa shape index (κ1) is 15.2. The first-order chi connectivity index (χ1) is 9.17. The number of aromatic nitrogens is 2. The standard InChI is InChI=1S/C12H16N4O2S.ClH/c17-19(18,16-9-3-1-5-13-7-9)11-8-15-12-10(11)4-2-6-14-12;/h2,4,6,8-9,13,16H,1,3,5,7H2,(H,14,15);1H/t9-;/m1./s1. The van der Waals surface area contributed by atoms with Gasteiger partial charge < -0.3 is 10.3 Å². The van der Waals surface area contributed by atoms with E-state index < -0.39 is 10.0 Å². The van der Waals surface area contributed by atoms with Crippen molar-refractivity contribution < 1.29 is 8.42 Å². The van der Waals surface area contributed by atoms with Gasteiger partial charge in [-0.3, -0.25) is 0 Å². The quantitative estimate of drug-likeness (QED) is 0.789. The molecule has 2 aromatic rings. The van der Waals surface area contributed by atoms with Gasteiger partial charge in [-0.25, -0.2) is 18.1 Å². The number of pyridine rings is 1. The lowest BCUT2D eigenvalue weighted by molar-refractivity contribution is 0.429. The molecule has 0 amide bonds. The number of hydrogen-bond donors (Lipinski definition) is 3. The van der Waals surface area contributed by atoms with Crippen LogP contribution in [0.25, 0.3) is 11.0 Å². The minimum Gasteiger partial charge on any atom is -0.345 e. The second-order valence-corrected chi connectivity index (χ2v) is 6.40. The van der Waals surface area contributed by atoms with Crippen molar-refractivity contribution in [3.05, 3.63) is 24.5 Å². The molecule has 8 heteroatoms. The maximum absolute atomic E-state index is 12.4. The van der Waals surface area contributed by atoms with Crippen molar-refractivity contribution in [1.29, 1.82) is 0 Å². The fourth-order valence-corrected chi connectivity index (χ4v) is 3.82. The van der Waals surface area contributed by atoms with Crippen LogP contribution in [0.1, 0.15) is 12.8 Å². The SMILES string of the molecule is Cl.O=S(=O)(N[C@@H]1CCCNC1)c1c[nH]c2ncccc12. The van der Waals surface area contributed by atoms with E-state index in [2.05, 4.69) is 20.0 Å². The summed E-state index contributed by atoms with van der Waals surface area (Å²) in [7, 11) is -3.50. The summed E-state index contributed by atoms with van der Waals surface area (Å²) in [6.45, 7) is 1.63. The molecule has 0 unspecified atom stereocenters. The second kappa shape index (κ2) is 6.09. The Bertz CT molecular complexity index is 680. The molecule has 2 aromatic heterocycles. The van der Waals surface area contributed by atoms with Crippen LogP contribution in [-0.2, 0) is 10.0 Å². The highest BCUT2D eigenvalue weighted by molar-refractivity contribution is 7.89. The Balaban J connectivity index is 0.00000147. The lowest BCUT2D eigenvalue weighted by Gasteiger charge is -2.23. The van der Waals surface area contributed by atoms with E-state index in [4.69, 9.17) is 0 Å². The highest BCUT2D eigenvalue weighted by Crippen LogP contribution is 2.21. The zero-order valence-corrected chi connectivity index (χ0v) is 12.4. The summed E-state index contributed by atoms with van der Waals surface area (Å²) in [6, 6.07) is 3.45. The third-order valence-electron chi connectivity index (χ3n) is 3.32. The molecule has 0 aromatic carbocycles. The van der Waals surface area contributed by atoms with Gasteiger partial charge in [0.2, 0.25) is 10.0 Å². The number of piperidine rings is 1. The van der Waals surface area contributed by atoms with E-state index in [1.165, 1.54) is 6.20 Å². The van der Waals surface area contributed by atoms with E-state index in [9.17, 15) is 8.42 Å². The fourth-order valence-electron chi connectivity index (χ4n) is 2.39. The van der Waals surface area contributed by atoms with Crippen molar-refractivity contribution in [2.24, 2.45) is 0 Å². The normalized spacial score (nSPS) is 19.7. The van der Waals surface area contributed by atoms with Gasteiger partial charge >= 0.3 is 0 Å². The Morgan fingerprint density at radius 1 is 1.40 bits per heavy atom. The fraction of sp³-hybridized carbons (Fsp3) is 0.417. The maximum atomic E-state index is 12.4. The smallest absolute Gasteiger partial charge is 0.243 e. The summed E-state index contributed by atoms with van der Waals surface area (Å²) in [6.07, 6.45) is 4.99. The number of aromatic amines is 1. The van der Waals surface area contributed by atoms with Gasteiger partial charge in [-0.1, -0.05) is 0 Å². The Morgan fingerprint density at radius 3 is 3.00 bits per heavy atom. The van der Waals surface area contributed by atoms with Crippen LogP contribution >= 0.6 is 12.4 Å². The molecule has 0 spiro atoms. The number of halogens is 1. The van der Waals surface area contributed by atoms with Crippen LogP contribution < -0.4 is 10.0 Å². The number of H-pyrrole nitrogens is 1. The molecular weight excluding hydrogens is 300 g/mol. The molecule has 1 aliphatic rings. The van der Waals surface area contributed by atoms with Gasteiger partial charge in [-0.15, -0.1) is 12.4 Å². The highest BCUT2D eigenvalue weighted by Gasteiger charge is 2.24. The van der Waals surface area contributed by atoms with Gasteiger partial charge in [-0.2, -0.15) is 0 Å². The monoisotopic (exact) mass is 316 g/mol. The number of nitrogens with zero attached hydrogens (tertiary/aromatic N) is 1. The molecule has 1 atom stereocenters. The third kappa shape index (κ3) is 2.95. The minimum atomic E-state index is -3.50. The Morgan fingerprint density at radius 2 is 2.25 bits per heavy atom. The van der Waals surface area contributed by atoms with Gasteiger partial charge in [0, 0.05) is 30.4 Å². The van der Waals surface area contributed by atoms with Crippen LogP contribution in [0.2, 0.25) is 0 Å². The average Bonchev–Trinajstić information content (AvgIpc) is 2.84. The van der Waals surface area contributed by atoms with Crippen molar-refractivity contribution in [3.63, 3.8) is 0 Å². The molecule has 1 fully saturated rings. The Kier molecular flexibility index (Phi) is 4.64. The van der Waals surface area contributed by atoms with Crippen LogP contribution in [0.15, 0.2) is 29.4 Å². The van der Waals surface area contributed by atoms with Crippen molar-refractivity contribution >= 4 is 33.5 Å². The van der Waals surface area contributed by atoms with Crippen LogP contribution in [-0.4, -0.2) is 37.5 Å². The molecule has 110 valence electrons. The van der Waals surface area contributed by atoms with Gasteiger partial charge in [0.15, 0.2) is 0 Å². The molecule has 3 heterocycles. The van der Waals surface area contributed by atoms with Crippen molar-refractivity contribution in [2.45, 2.75) is 23.8 Å². The van der Waals surface area contributed by atoms with Crippen LogP contribution in [0.4, 0.5) is 0 Å². The van der Waals surface area contributed by atoms with Crippen LogP contribution in [0.3, 0.4) is 0 Å². The molecular formula is C12H17ClN4O2S. The first-order valence-corrected chi connectivity index (χ1v) is 7.80. The van der Waals surface area contributed by atoms with E-state index in [-0.39, 0.29) is 23.3 Å². The molecule has 0 radical (unpaired) electrons. The van der Waals surface area contributed by atoms with Crippen LogP contribution in [0, 0.1) is 0 Å². The average molecular weight is 317 g/mol. The summed E-state index contributed by atoms with van der Waals surface area (Å²) in [5, 5.41) is 3.82. The van der Waals surface area contributed by atoms with Gasteiger partial charge in [0.25, 0.3) is 0 Å². The molecule has 0 bridgehead atoms. The Hall–Kier alpha value is -1.15. The van der Waals surface area contributed by atoms with Gasteiger partial charge in [0.1, 0.15) is 10.5 Å². The van der Waals surface area contributed by atoms with E-state index >= 15 is 0 Å². The minimum absolute atomic E-state index is 0. The highest BCUT2D eigenvalue weighted by atomic mass is 35.5. The summed E-state index contributed by atoms with van der Waals surface area (Å²) < 4.78 is 27.5. The van der Waals surface area contributed by atoms with E-state index in [1.54, 1.807) is 18.3 Å². The number of fused-ring (bicyclic) bond motifs is 1. The largest absolute Gasteiger partial charge is 0.345 e. The predicted octanol–water partition coefficient (Wildman–Crippen LogP) is 1.01. The van der Waals surface area contributed by atoms with Gasteiger partial charge in [-0.05, 0) is 31.5 Å². The zero-order chi connectivity index (χ0) is 13.3. The molecule has 3 rings (SSSR count). The lowest BCUT2D eigenvalue weighted by Crippen LogP contribution is -2.45. The second-order valence-electron chi connectivity index (χ2n) is 4.72. The zero-order valence-electron chi connectivity index (χ0n) is 10.8. The molecule has 1 aliphatic heterocycles. The summed E-state index contributed by atoms with van der Waals surface area (Å²) in [5.41, 5.74) is 0.588. The summed E-state index contributed by atoms with van der Waals surface area (Å²) in [4.78, 5) is 7.25. The molecule has 3 N–H and O–H groups in total.